The maximum Gasteiger partial charge on any atom is 0.337 e. The van der Waals surface area contributed by atoms with E-state index in [1.807, 2.05) is 68.6 Å². The Labute approximate surface area is 282 Å². The Morgan fingerprint density at radius 1 is 1.10 bits per heavy atom. The number of carbonyl (C=O) groups is 1. The molecule has 1 fully saturated rings. The maximum atomic E-state index is 12.8. The van der Waals surface area contributed by atoms with E-state index in [4.69, 9.17) is 19.6 Å². The lowest BCUT2D eigenvalue weighted by atomic mass is 9.76. The Hall–Kier alpha value is -4.68. The summed E-state index contributed by atoms with van der Waals surface area (Å²) < 4.78 is 14.5. The number of carboxylic acid groups (broad SMARTS) is 1. The van der Waals surface area contributed by atoms with Crippen LogP contribution in [0, 0.1) is 23.7 Å². The van der Waals surface area contributed by atoms with Gasteiger partial charge in [-0.1, -0.05) is 37.3 Å². The number of ether oxygens (including phenoxy) is 2. The van der Waals surface area contributed by atoms with Crippen molar-refractivity contribution in [2.75, 3.05) is 18.0 Å². The first kappa shape index (κ1) is 33.2. The standard InChI is InChI=1S/C39H45N5O4/c1-25-11-8-7-9-16-39(6)17-19-43(20-18-39)36-34(35(37(45)46)48-38(3,4)5)26(2)41-33-23-31(42-44(33)36)29-13-10-12-28(22-29)30-21-27(24-40)14-15-32(30)47-25/h7-8,10,12-15,21-23,25,35H,9,11,16-20H2,1-6H3,(H,45,46)/b8-7+/t25-,35-/m0/s1. The molecule has 3 aliphatic heterocycles. The first-order chi connectivity index (χ1) is 22.8. The fourth-order valence-corrected chi connectivity index (χ4v) is 6.84. The van der Waals surface area contributed by atoms with Gasteiger partial charge < -0.3 is 19.5 Å². The monoisotopic (exact) mass is 647 g/mol. The zero-order chi connectivity index (χ0) is 34.2. The second-order valence-electron chi connectivity index (χ2n) is 14.6. The number of hydrogen-bond donors (Lipinski definition) is 1. The minimum atomic E-state index is -1.22. The molecule has 9 heteroatoms. The molecule has 6 bridgehead atoms. The largest absolute Gasteiger partial charge is 0.490 e. The van der Waals surface area contributed by atoms with Gasteiger partial charge in [0.15, 0.2) is 11.8 Å². The minimum absolute atomic E-state index is 0.0437. The number of anilines is 1. The number of aliphatic carboxylic acids is 1. The van der Waals surface area contributed by atoms with E-state index in [1.54, 1.807) is 6.07 Å². The van der Waals surface area contributed by atoms with Crippen LogP contribution in [0.15, 0.2) is 60.7 Å². The lowest BCUT2D eigenvalue weighted by molar-refractivity contribution is -0.160. The van der Waals surface area contributed by atoms with Crippen molar-refractivity contribution in [2.45, 2.75) is 91.5 Å². The molecule has 4 aromatic rings. The van der Waals surface area contributed by atoms with Crippen LogP contribution in [0.4, 0.5) is 5.82 Å². The van der Waals surface area contributed by atoms with Crippen LogP contribution < -0.4 is 9.64 Å². The van der Waals surface area contributed by atoms with Crippen molar-refractivity contribution in [1.82, 2.24) is 14.6 Å². The Bertz CT molecular complexity index is 1910. The molecule has 0 saturated carbocycles. The van der Waals surface area contributed by atoms with E-state index >= 15 is 0 Å². The summed E-state index contributed by atoms with van der Waals surface area (Å²) in [7, 11) is 0. The normalized spacial score (nSPS) is 21.3. The molecular weight excluding hydrogens is 602 g/mol. The minimum Gasteiger partial charge on any atom is -0.490 e. The lowest BCUT2D eigenvalue weighted by Gasteiger charge is -2.41. The quantitative estimate of drug-likeness (QED) is 0.221. The van der Waals surface area contributed by atoms with Gasteiger partial charge in [-0.3, -0.25) is 0 Å². The highest BCUT2D eigenvalue weighted by molar-refractivity contribution is 5.80. The summed E-state index contributed by atoms with van der Waals surface area (Å²) in [4.78, 5) is 20.0. The number of piperidine rings is 1. The first-order valence-corrected chi connectivity index (χ1v) is 16.9. The number of rotatable bonds is 3. The highest BCUT2D eigenvalue weighted by atomic mass is 16.5. The maximum absolute atomic E-state index is 12.8. The molecule has 0 spiro atoms. The summed E-state index contributed by atoms with van der Waals surface area (Å²) in [6.07, 6.45) is 7.98. The van der Waals surface area contributed by atoms with Crippen LogP contribution in [-0.2, 0) is 9.53 Å². The lowest BCUT2D eigenvalue weighted by Crippen LogP contribution is -2.41. The third kappa shape index (κ3) is 6.95. The van der Waals surface area contributed by atoms with Crippen LogP contribution in [-0.4, -0.2) is 50.5 Å². The summed E-state index contributed by atoms with van der Waals surface area (Å²) in [6, 6.07) is 17.8. The average molecular weight is 648 g/mol. The number of fused-ring (bicyclic) bond motifs is 7. The van der Waals surface area contributed by atoms with Gasteiger partial charge in [-0.25, -0.2) is 9.78 Å². The van der Waals surface area contributed by atoms with Crippen LogP contribution in [0.2, 0.25) is 0 Å². The number of nitrogens with zero attached hydrogens (tertiary/aromatic N) is 5. The van der Waals surface area contributed by atoms with Crippen LogP contribution in [0.1, 0.15) is 89.6 Å². The molecule has 0 amide bonds. The molecule has 2 aromatic carbocycles. The molecule has 3 aliphatic rings. The van der Waals surface area contributed by atoms with Crippen LogP contribution >= 0.6 is 0 Å². The fourth-order valence-electron chi connectivity index (χ4n) is 6.84. The molecule has 1 saturated heterocycles. The zero-order valence-electron chi connectivity index (χ0n) is 28.8. The van der Waals surface area contributed by atoms with Crippen LogP contribution in [0.25, 0.3) is 28.0 Å². The van der Waals surface area contributed by atoms with Crippen molar-refractivity contribution >= 4 is 17.4 Å². The highest BCUT2D eigenvalue weighted by Crippen LogP contribution is 2.42. The van der Waals surface area contributed by atoms with Gasteiger partial charge in [0.2, 0.25) is 0 Å². The van der Waals surface area contributed by atoms with Crippen molar-refractivity contribution in [3.8, 4) is 34.2 Å². The SMILES string of the molecule is Cc1nc2cc3nn2c(c1[C@H](OC(C)(C)C)C(=O)O)N1CCC(C)(CC/C=C/C[C@H](C)Oc2ccc(C#N)cc2-c2cccc-3c2)CC1. The van der Waals surface area contributed by atoms with Gasteiger partial charge in [0, 0.05) is 42.4 Å². The predicted molar refractivity (Wildman–Crippen MR) is 187 cm³/mol. The molecule has 9 nitrogen and oxygen atoms in total. The number of nitriles is 1. The summed E-state index contributed by atoms with van der Waals surface area (Å²) in [5.74, 6) is 0.383. The molecule has 2 atom stereocenters. The number of aryl methyl sites for hydroxylation is 1. The van der Waals surface area contributed by atoms with Crippen LogP contribution in [0.3, 0.4) is 0 Å². The molecule has 250 valence electrons. The Morgan fingerprint density at radius 3 is 2.56 bits per heavy atom. The van der Waals surface area contributed by atoms with Gasteiger partial charge >= 0.3 is 5.97 Å². The molecule has 7 rings (SSSR count). The molecule has 5 heterocycles. The van der Waals surface area contributed by atoms with E-state index < -0.39 is 17.7 Å². The second kappa shape index (κ2) is 13.1. The molecule has 2 aromatic heterocycles. The van der Waals surface area contributed by atoms with Gasteiger partial charge in [0.1, 0.15) is 11.6 Å². The Kier molecular flexibility index (Phi) is 9.06. The van der Waals surface area contributed by atoms with E-state index in [0.717, 1.165) is 73.5 Å². The third-order valence-electron chi connectivity index (χ3n) is 9.49. The fraction of sp³-hybridized carbons (Fsp3) is 0.436. The van der Waals surface area contributed by atoms with Gasteiger partial charge in [-0.2, -0.15) is 14.9 Å². The molecule has 0 radical (unpaired) electrons. The zero-order valence-corrected chi connectivity index (χ0v) is 28.8. The predicted octanol–water partition coefficient (Wildman–Crippen LogP) is 8.30. The first-order valence-electron chi connectivity index (χ1n) is 16.9. The molecule has 1 N–H and O–H groups in total. The highest BCUT2D eigenvalue weighted by Gasteiger charge is 2.37. The van der Waals surface area contributed by atoms with E-state index in [-0.39, 0.29) is 11.5 Å². The average Bonchev–Trinajstić information content (AvgIpc) is 3.46. The number of hydrogen-bond acceptors (Lipinski definition) is 7. The van der Waals surface area contributed by atoms with E-state index in [2.05, 4.69) is 43.0 Å². The van der Waals surface area contributed by atoms with Crippen molar-refractivity contribution in [2.24, 2.45) is 5.41 Å². The number of allylic oxidation sites excluding steroid dienone is 1. The Balaban J connectivity index is 1.55. The van der Waals surface area contributed by atoms with E-state index in [9.17, 15) is 15.2 Å². The number of aromatic nitrogens is 3. The molecular formula is C39H45N5O4. The third-order valence-corrected chi connectivity index (χ3v) is 9.49. The molecule has 0 aliphatic carbocycles. The van der Waals surface area contributed by atoms with Gasteiger partial charge in [0.05, 0.1) is 34.6 Å². The summed E-state index contributed by atoms with van der Waals surface area (Å²) in [5, 5.41) is 25.3. The van der Waals surface area contributed by atoms with Crippen molar-refractivity contribution < 1.29 is 19.4 Å². The summed E-state index contributed by atoms with van der Waals surface area (Å²) in [6.45, 7) is 13.4. The number of carboxylic acids is 1. The molecule has 0 unspecified atom stereocenters. The van der Waals surface area contributed by atoms with Crippen molar-refractivity contribution in [1.29, 1.82) is 5.26 Å². The topological polar surface area (TPSA) is 113 Å². The summed E-state index contributed by atoms with van der Waals surface area (Å²) >= 11 is 0. The van der Waals surface area contributed by atoms with Gasteiger partial charge in [-0.05, 0) is 95.5 Å². The van der Waals surface area contributed by atoms with E-state index in [1.165, 1.54) is 0 Å². The van der Waals surface area contributed by atoms with Gasteiger partial charge in [-0.15, -0.1) is 0 Å². The smallest absolute Gasteiger partial charge is 0.337 e. The summed E-state index contributed by atoms with van der Waals surface area (Å²) in [5.41, 5.74) is 5.11. The van der Waals surface area contributed by atoms with Crippen LogP contribution in [0.5, 0.6) is 5.75 Å². The van der Waals surface area contributed by atoms with Gasteiger partial charge in [0.25, 0.3) is 0 Å². The molecule has 48 heavy (non-hydrogen) atoms. The van der Waals surface area contributed by atoms with Crippen molar-refractivity contribution in [3.05, 3.63) is 77.5 Å². The van der Waals surface area contributed by atoms with Crippen molar-refractivity contribution in [3.63, 3.8) is 0 Å². The second-order valence-corrected chi connectivity index (χ2v) is 14.6. The number of benzene rings is 2. The van der Waals surface area contributed by atoms with E-state index in [0.29, 0.717) is 28.2 Å². The Morgan fingerprint density at radius 2 is 1.85 bits per heavy atom.